The second kappa shape index (κ2) is 6.76. The van der Waals surface area contributed by atoms with E-state index in [1.807, 2.05) is 0 Å². The highest BCUT2D eigenvalue weighted by atomic mass is 19.2. The van der Waals surface area contributed by atoms with Crippen LogP contribution in [0.2, 0.25) is 0 Å². The normalized spacial score (nSPS) is 11.0. The number of carbonyl (C=O) groups is 1. The number of aromatic nitrogens is 3. The van der Waals surface area contributed by atoms with Crippen molar-refractivity contribution in [3.63, 3.8) is 0 Å². The van der Waals surface area contributed by atoms with Gasteiger partial charge in [-0.2, -0.15) is 4.98 Å². The zero-order valence-corrected chi connectivity index (χ0v) is 12.9. The van der Waals surface area contributed by atoms with E-state index in [1.165, 1.54) is 22.9 Å². The third-order valence-corrected chi connectivity index (χ3v) is 3.76. The summed E-state index contributed by atoms with van der Waals surface area (Å²) in [7, 11) is 0. The maximum absolute atomic E-state index is 13.8. The van der Waals surface area contributed by atoms with Gasteiger partial charge in [0.05, 0.1) is 5.52 Å². The molecule has 2 aromatic heterocycles. The van der Waals surface area contributed by atoms with Gasteiger partial charge in [0.15, 0.2) is 17.2 Å². The molecule has 0 spiro atoms. The van der Waals surface area contributed by atoms with Crippen LogP contribution in [0.4, 0.5) is 8.78 Å². The van der Waals surface area contributed by atoms with E-state index < -0.39 is 29.7 Å². The molecule has 25 heavy (non-hydrogen) atoms. The van der Waals surface area contributed by atoms with Gasteiger partial charge in [-0.15, -0.1) is 0 Å². The molecule has 0 aliphatic rings. The molecule has 0 aliphatic carbocycles. The first-order valence-electron chi connectivity index (χ1n) is 7.46. The third kappa shape index (κ3) is 3.37. The lowest BCUT2D eigenvalue weighted by Gasteiger charge is -2.13. The first-order chi connectivity index (χ1) is 12.0. The number of pyridine rings is 1. The Morgan fingerprint density at radius 1 is 1.16 bits per heavy atom. The average molecular weight is 345 g/mol. The standard InChI is InChI=1S/C17H13F2N3O3/c18-11-4-1-3-10(15(11)19)6-7-13-21-17(25)16-12(5-2-8-20-16)22(13)9-14(23)24/h1-5,8H,6-7,9H2,(H,23,24). The summed E-state index contributed by atoms with van der Waals surface area (Å²) >= 11 is 0. The van der Waals surface area contributed by atoms with Gasteiger partial charge in [-0.3, -0.25) is 9.59 Å². The van der Waals surface area contributed by atoms with Crippen LogP contribution in [0.3, 0.4) is 0 Å². The molecule has 0 saturated carbocycles. The Hall–Kier alpha value is -3.16. The van der Waals surface area contributed by atoms with Crippen molar-refractivity contribution in [1.82, 2.24) is 14.5 Å². The summed E-state index contributed by atoms with van der Waals surface area (Å²) < 4.78 is 28.4. The Kier molecular flexibility index (Phi) is 4.51. The van der Waals surface area contributed by atoms with Gasteiger partial charge >= 0.3 is 5.97 Å². The van der Waals surface area contributed by atoms with Crippen LogP contribution in [0.5, 0.6) is 0 Å². The van der Waals surface area contributed by atoms with Gasteiger partial charge in [-0.1, -0.05) is 12.1 Å². The molecule has 0 unspecified atom stereocenters. The molecule has 3 aromatic rings. The van der Waals surface area contributed by atoms with Crippen molar-refractivity contribution in [3.8, 4) is 0 Å². The maximum Gasteiger partial charge on any atom is 0.323 e. The van der Waals surface area contributed by atoms with Gasteiger partial charge in [-0.25, -0.2) is 13.8 Å². The molecule has 2 heterocycles. The lowest BCUT2D eigenvalue weighted by molar-refractivity contribution is -0.137. The van der Waals surface area contributed by atoms with E-state index in [2.05, 4.69) is 9.97 Å². The van der Waals surface area contributed by atoms with Crippen molar-refractivity contribution < 1.29 is 18.7 Å². The molecule has 0 atom stereocenters. The van der Waals surface area contributed by atoms with Gasteiger partial charge < -0.3 is 9.67 Å². The van der Waals surface area contributed by atoms with Crippen LogP contribution >= 0.6 is 0 Å². The van der Waals surface area contributed by atoms with Gasteiger partial charge in [0, 0.05) is 12.6 Å². The Balaban J connectivity index is 2.04. The number of benzene rings is 1. The topological polar surface area (TPSA) is 85.1 Å². The zero-order valence-electron chi connectivity index (χ0n) is 12.9. The van der Waals surface area contributed by atoms with Crippen LogP contribution in [-0.2, 0) is 24.2 Å². The highest BCUT2D eigenvalue weighted by molar-refractivity contribution is 5.76. The fourth-order valence-electron chi connectivity index (χ4n) is 2.64. The molecule has 0 bridgehead atoms. The number of fused-ring (bicyclic) bond motifs is 1. The van der Waals surface area contributed by atoms with Crippen molar-refractivity contribution in [3.05, 3.63) is 69.9 Å². The van der Waals surface area contributed by atoms with Crippen LogP contribution in [0, 0.1) is 11.6 Å². The molecule has 8 heteroatoms. The van der Waals surface area contributed by atoms with Crippen molar-refractivity contribution in [2.24, 2.45) is 0 Å². The summed E-state index contributed by atoms with van der Waals surface area (Å²) in [4.78, 5) is 31.1. The molecule has 0 saturated heterocycles. The highest BCUT2D eigenvalue weighted by Gasteiger charge is 2.15. The predicted molar refractivity (Wildman–Crippen MR) is 85.2 cm³/mol. The molecule has 6 nitrogen and oxygen atoms in total. The monoisotopic (exact) mass is 345 g/mol. The molecular formula is C17H13F2N3O3. The quantitative estimate of drug-likeness (QED) is 0.764. The molecule has 1 N–H and O–H groups in total. The minimum Gasteiger partial charge on any atom is -0.480 e. The fourth-order valence-corrected chi connectivity index (χ4v) is 2.64. The van der Waals surface area contributed by atoms with Gasteiger partial charge in [-0.05, 0) is 30.2 Å². The summed E-state index contributed by atoms with van der Waals surface area (Å²) in [5.74, 6) is -2.86. The van der Waals surface area contributed by atoms with E-state index in [4.69, 9.17) is 5.11 Å². The number of carboxylic acid groups (broad SMARTS) is 1. The SMILES string of the molecule is O=C(O)Cn1c(CCc2cccc(F)c2F)nc(=O)c2ncccc21. The molecule has 1 aromatic carbocycles. The van der Waals surface area contributed by atoms with Crippen molar-refractivity contribution >= 4 is 17.0 Å². The number of hydrogen-bond donors (Lipinski definition) is 1. The first-order valence-corrected chi connectivity index (χ1v) is 7.46. The molecule has 0 radical (unpaired) electrons. The molecule has 0 fully saturated rings. The van der Waals surface area contributed by atoms with Crippen LogP contribution in [-0.4, -0.2) is 25.6 Å². The van der Waals surface area contributed by atoms with Gasteiger partial charge in [0.1, 0.15) is 12.4 Å². The van der Waals surface area contributed by atoms with Crippen LogP contribution in [0.1, 0.15) is 11.4 Å². The summed E-state index contributed by atoms with van der Waals surface area (Å²) in [6.07, 6.45) is 1.56. The second-order valence-electron chi connectivity index (χ2n) is 5.40. The van der Waals surface area contributed by atoms with E-state index in [-0.39, 0.29) is 29.7 Å². The summed E-state index contributed by atoms with van der Waals surface area (Å²) in [6.45, 7) is -0.420. The van der Waals surface area contributed by atoms with Crippen LogP contribution in [0.15, 0.2) is 41.3 Å². The van der Waals surface area contributed by atoms with Gasteiger partial charge in [0.25, 0.3) is 5.56 Å². The molecule has 0 amide bonds. The number of nitrogens with zero attached hydrogens (tertiary/aromatic N) is 3. The van der Waals surface area contributed by atoms with Crippen molar-refractivity contribution in [2.75, 3.05) is 0 Å². The summed E-state index contributed by atoms with van der Waals surface area (Å²) in [5, 5.41) is 9.13. The van der Waals surface area contributed by atoms with E-state index in [0.29, 0.717) is 5.52 Å². The molecule has 3 rings (SSSR count). The molecular weight excluding hydrogens is 332 g/mol. The van der Waals surface area contributed by atoms with E-state index in [0.717, 1.165) is 6.07 Å². The Morgan fingerprint density at radius 3 is 2.72 bits per heavy atom. The van der Waals surface area contributed by atoms with Crippen LogP contribution in [0.25, 0.3) is 11.0 Å². The average Bonchev–Trinajstić information content (AvgIpc) is 2.59. The van der Waals surface area contributed by atoms with E-state index in [9.17, 15) is 18.4 Å². The zero-order chi connectivity index (χ0) is 18.0. The Morgan fingerprint density at radius 2 is 1.96 bits per heavy atom. The number of aryl methyl sites for hydroxylation is 2. The molecule has 0 aliphatic heterocycles. The predicted octanol–water partition coefficient (Wildman–Crippen LogP) is 1.94. The maximum atomic E-state index is 13.8. The fraction of sp³-hybridized carbons (Fsp3) is 0.176. The highest BCUT2D eigenvalue weighted by Crippen LogP contribution is 2.15. The Labute approximate surface area is 140 Å². The number of rotatable bonds is 5. The minimum absolute atomic E-state index is 0.0597. The number of halogens is 2. The number of aliphatic carboxylic acids is 1. The van der Waals surface area contributed by atoms with Gasteiger partial charge in [0.2, 0.25) is 0 Å². The second-order valence-corrected chi connectivity index (χ2v) is 5.40. The Bertz CT molecular complexity index is 1020. The minimum atomic E-state index is -1.12. The van der Waals surface area contributed by atoms with E-state index in [1.54, 1.807) is 12.1 Å². The van der Waals surface area contributed by atoms with Crippen LogP contribution < -0.4 is 5.56 Å². The first kappa shape index (κ1) is 16.7. The lowest BCUT2D eigenvalue weighted by atomic mass is 10.1. The smallest absolute Gasteiger partial charge is 0.323 e. The largest absolute Gasteiger partial charge is 0.480 e. The lowest BCUT2D eigenvalue weighted by Crippen LogP contribution is -2.23. The van der Waals surface area contributed by atoms with Crippen molar-refractivity contribution in [1.29, 1.82) is 0 Å². The summed E-state index contributed by atoms with van der Waals surface area (Å²) in [5.41, 5.74) is -0.0709. The van der Waals surface area contributed by atoms with Crippen molar-refractivity contribution in [2.45, 2.75) is 19.4 Å². The number of hydrogen-bond acceptors (Lipinski definition) is 4. The number of carboxylic acids is 1. The third-order valence-electron chi connectivity index (χ3n) is 3.76. The molecule has 128 valence electrons. The summed E-state index contributed by atoms with van der Waals surface area (Å²) in [6, 6.07) is 6.98. The van der Waals surface area contributed by atoms with E-state index >= 15 is 0 Å².